The van der Waals surface area contributed by atoms with Crippen molar-refractivity contribution in [2.24, 2.45) is 0 Å². The monoisotopic (exact) mass is 296 g/mol. The third kappa shape index (κ3) is 2.79. The van der Waals surface area contributed by atoms with Crippen molar-refractivity contribution < 1.29 is 4.79 Å². The molecule has 0 N–H and O–H groups in total. The summed E-state index contributed by atoms with van der Waals surface area (Å²) in [5.41, 5.74) is 3.04. The number of carbonyl (C=O) groups is 1. The second kappa shape index (κ2) is 6.13. The summed E-state index contributed by atoms with van der Waals surface area (Å²) in [5, 5.41) is 0. The fraction of sp³-hybridized carbons (Fsp3) is 0.353. The first kappa shape index (κ1) is 14.5. The van der Waals surface area contributed by atoms with Crippen LogP contribution in [-0.4, -0.2) is 47.0 Å². The summed E-state index contributed by atoms with van der Waals surface area (Å²) >= 11 is 0. The van der Waals surface area contributed by atoms with E-state index in [0.717, 1.165) is 35.7 Å². The zero-order valence-electron chi connectivity index (χ0n) is 13.0. The second-order valence-electron chi connectivity index (χ2n) is 5.58. The van der Waals surface area contributed by atoms with Gasteiger partial charge in [0, 0.05) is 44.1 Å². The van der Waals surface area contributed by atoms with Crippen LogP contribution in [0.4, 0.5) is 5.95 Å². The Morgan fingerprint density at radius 2 is 1.68 bits per heavy atom. The maximum atomic E-state index is 12.7. The van der Waals surface area contributed by atoms with Crippen molar-refractivity contribution in [1.29, 1.82) is 0 Å². The number of hydrogen-bond donors (Lipinski definition) is 0. The Labute approximate surface area is 130 Å². The number of carbonyl (C=O) groups excluding carboxylic acids is 1. The molecule has 1 aromatic carbocycles. The van der Waals surface area contributed by atoms with Gasteiger partial charge in [-0.05, 0) is 37.1 Å². The molecular formula is C17H20N4O. The highest BCUT2D eigenvalue weighted by molar-refractivity contribution is 5.96. The van der Waals surface area contributed by atoms with Gasteiger partial charge < -0.3 is 9.80 Å². The molecule has 0 bridgehead atoms. The average Bonchev–Trinajstić information content (AvgIpc) is 2.58. The smallest absolute Gasteiger partial charge is 0.254 e. The van der Waals surface area contributed by atoms with Gasteiger partial charge in [-0.15, -0.1) is 0 Å². The Hall–Kier alpha value is -2.43. The van der Waals surface area contributed by atoms with Gasteiger partial charge in [-0.2, -0.15) is 0 Å². The Bertz CT molecular complexity index is 664. The van der Waals surface area contributed by atoms with E-state index in [-0.39, 0.29) is 5.91 Å². The van der Waals surface area contributed by atoms with Crippen molar-refractivity contribution in [2.45, 2.75) is 13.8 Å². The third-order valence-electron chi connectivity index (χ3n) is 4.24. The normalized spacial score (nSPS) is 15.0. The van der Waals surface area contributed by atoms with Gasteiger partial charge in [-0.25, -0.2) is 9.97 Å². The van der Waals surface area contributed by atoms with Crippen LogP contribution in [-0.2, 0) is 0 Å². The van der Waals surface area contributed by atoms with E-state index in [0.29, 0.717) is 13.1 Å². The first-order valence-electron chi connectivity index (χ1n) is 7.54. The number of aryl methyl sites for hydroxylation is 1. The fourth-order valence-corrected chi connectivity index (χ4v) is 2.72. The largest absolute Gasteiger partial charge is 0.337 e. The summed E-state index contributed by atoms with van der Waals surface area (Å²) in [5.74, 6) is 0.858. The molecule has 114 valence electrons. The molecule has 1 saturated heterocycles. The van der Waals surface area contributed by atoms with Crippen LogP contribution in [0.2, 0.25) is 0 Å². The first-order chi connectivity index (χ1) is 10.7. The quantitative estimate of drug-likeness (QED) is 0.851. The number of aromatic nitrogens is 2. The maximum absolute atomic E-state index is 12.7. The zero-order valence-corrected chi connectivity index (χ0v) is 13.0. The van der Waals surface area contributed by atoms with Gasteiger partial charge in [0.15, 0.2) is 0 Å². The topological polar surface area (TPSA) is 49.3 Å². The van der Waals surface area contributed by atoms with Gasteiger partial charge in [-0.3, -0.25) is 4.79 Å². The van der Waals surface area contributed by atoms with E-state index >= 15 is 0 Å². The van der Waals surface area contributed by atoms with Gasteiger partial charge in [-0.1, -0.05) is 12.1 Å². The van der Waals surface area contributed by atoms with Crippen molar-refractivity contribution in [3.8, 4) is 0 Å². The standard InChI is InChI=1S/C17H20N4O/c1-13-5-3-6-15(14(13)2)16(22)20-9-11-21(12-10-20)17-18-7-4-8-19-17/h3-8H,9-12H2,1-2H3. The minimum Gasteiger partial charge on any atom is -0.337 e. The van der Waals surface area contributed by atoms with Crippen LogP contribution in [0.25, 0.3) is 0 Å². The molecule has 1 fully saturated rings. The SMILES string of the molecule is Cc1cccc(C(=O)N2CCN(c3ncccn3)CC2)c1C. The molecule has 0 radical (unpaired) electrons. The summed E-state index contributed by atoms with van der Waals surface area (Å²) in [6, 6.07) is 7.71. The molecule has 1 aliphatic heterocycles. The molecular weight excluding hydrogens is 276 g/mol. The Balaban J connectivity index is 1.69. The molecule has 5 heteroatoms. The van der Waals surface area contributed by atoms with E-state index in [1.165, 1.54) is 0 Å². The van der Waals surface area contributed by atoms with Crippen LogP contribution >= 0.6 is 0 Å². The van der Waals surface area contributed by atoms with Crippen LogP contribution in [0.1, 0.15) is 21.5 Å². The third-order valence-corrected chi connectivity index (χ3v) is 4.24. The summed E-state index contributed by atoms with van der Waals surface area (Å²) in [7, 11) is 0. The lowest BCUT2D eigenvalue weighted by Crippen LogP contribution is -2.49. The predicted octanol–water partition coefficient (Wildman–Crippen LogP) is 2.06. The highest BCUT2D eigenvalue weighted by Crippen LogP contribution is 2.17. The predicted molar refractivity (Wildman–Crippen MR) is 86.1 cm³/mol. The summed E-state index contributed by atoms with van der Waals surface area (Å²) in [4.78, 5) is 25.3. The molecule has 0 atom stereocenters. The lowest BCUT2D eigenvalue weighted by atomic mass is 10.0. The Kier molecular flexibility index (Phi) is 4.04. The number of anilines is 1. The molecule has 1 amide bonds. The van der Waals surface area contributed by atoms with Crippen molar-refractivity contribution in [3.63, 3.8) is 0 Å². The number of piperazine rings is 1. The van der Waals surface area contributed by atoms with Crippen molar-refractivity contribution in [1.82, 2.24) is 14.9 Å². The van der Waals surface area contributed by atoms with Crippen LogP contribution < -0.4 is 4.90 Å². The van der Waals surface area contributed by atoms with E-state index in [2.05, 4.69) is 14.9 Å². The van der Waals surface area contributed by atoms with Crippen LogP contribution in [0.3, 0.4) is 0 Å². The molecule has 0 unspecified atom stereocenters. The molecule has 0 spiro atoms. The van der Waals surface area contributed by atoms with Gasteiger partial charge in [0.25, 0.3) is 5.91 Å². The van der Waals surface area contributed by atoms with Crippen LogP contribution in [0.5, 0.6) is 0 Å². The molecule has 5 nitrogen and oxygen atoms in total. The van der Waals surface area contributed by atoms with Gasteiger partial charge in [0.2, 0.25) is 5.95 Å². The molecule has 1 aliphatic rings. The van der Waals surface area contributed by atoms with Gasteiger partial charge in [0.1, 0.15) is 0 Å². The fourth-order valence-electron chi connectivity index (χ4n) is 2.72. The van der Waals surface area contributed by atoms with E-state index in [4.69, 9.17) is 0 Å². The number of amides is 1. The second-order valence-corrected chi connectivity index (χ2v) is 5.58. The van der Waals surface area contributed by atoms with Gasteiger partial charge >= 0.3 is 0 Å². The highest BCUT2D eigenvalue weighted by atomic mass is 16.2. The van der Waals surface area contributed by atoms with Gasteiger partial charge in [0.05, 0.1) is 0 Å². The van der Waals surface area contributed by atoms with Crippen molar-refractivity contribution in [2.75, 3.05) is 31.1 Å². The van der Waals surface area contributed by atoms with E-state index in [1.54, 1.807) is 12.4 Å². The molecule has 2 aromatic rings. The Morgan fingerprint density at radius 3 is 2.36 bits per heavy atom. The van der Waals surface area contributed by atoms with E-state index in [1.807, 2.05) is 43.0 Å². The maximum Gasteiger partial charge on any atom is 0.254 e. The minimum absolute atomic E-state index is 0.120. The number of benzene rings is 1. The van der Waals surface area contributed by atoms with Crippen LogP contribution in [0, 0.1) is 13.8 Å². The molecule has 3 rings (SSSR count). The molecule has 2 heterocycles. The Morgan fingerprint density at radius 1 is 1.00 bits per heavy atom. The van der Waals surface area contributed by atoms with E-state index < -0.39 is 0 Å². The number of rotatable bonds is 2. The van der Waals surface area contributed by atoms with Crippen molar-refractivity contribution >= 4 is 11.9 Å². The summed E-state index contributed by atoms with van der Waals surface area (Å²) in [6.45, 7) is 6.98. The molecule has 0 saturated carbocycles. The highest BCUT2D eigenvalue weighted by Gasteiger charge is 2.24. The average molecular weight is 296 g/mol. The lowest BCUT2D eigenvalue weighted by molar-refractivity contribution is 0.0745. The molecule has 22 heavy (non-hydrogen) atoms. The zero-order chi connectivity index (χ0) is 15.5. The van der Waals surface area contributed by atoms with E-state index in [9.17, 15) is 4.79 Å². The number of hydrogen-bond acceptors (Lipinski definition) is 4. The molecule has 0 aliphatic carbocycles. The lowest BCUT2D eigenvalue weighted by Gasteiger charge is -2.35. The summed E-state index contributed by atoms with van der Waals surface area (Å²) in [6.07, 6.45) is 3.49. The first-order valence-corrected chi connectivity index (χ1v) is 7.54. The summed E-state index contributed by atoms with van der Waals surface area (Å²) < 4.78 is 0. The van der Waals surface area contributed by atoms with Crippen LogP contribution in [0.15, 0.2) is 36.7 Å². The minimum atomic E-state index is 0.120. The van der Waals surface area contributed by atoms with Crippen molar-refractivity contribution in [3.05, 3.63) is 53.3 Å². The molecule has 1 aromatic heterocycles. The number of nitrogens with zero attached hydrogens (tertiary/aromatic N) is 4.